The van der Waals surface area contributed by atoms with Crippen LogP contribution in [0.15, 0.2) is 84.9 Å². The van der Waals surface area contributed by atoms with Crippen molar-refractivity contribution in [2.45, 2.75) is 6.42 Å². The Kier molecular flexibility index (Phi) is 6.17. The van der Waals surface area contributed by atoms with E-state index in [4.69, 9.17) is 16.3 Å². The quantitative estimate of drug-likeness (QED) is 0.137. The van der Waals surface area contributed by atoms with Gasteiger partial charge in [-0.2, -0.15) is 0 Å². The third kappa shape index (κ3) is 4.10. The average Bonchev–Trinajstić information content (AvgIpc) is 3.69. The molecule has 7 rings (SSSR count). The van der Waals surface area contributed by atoms with E-state index >= 15 is 0 Å². The predicted octanol–water partition coefficient (Wildman–Crippen LogP) is 5.61. The van der Waals surface area contributed by atoms with Crippen LogP contribution in [0.2, 0.25) is 5.02 Å². The number of aromatic nitrogens is 1. The molecule has 3 aliphatic rings. The summed E-state index contributed by atoms with van der Waals surface area (Å²) in [7, 11) is 0. The minimum Gasteiger partial charge on any atom is -0.507 e. The number of nitrogens with zero attached hydrogens (tertiary/aromatic N) is 2. The molecule has 1 N–H and O–H groups in total. The summed E-state index contributed by atoms with van der Waals surface area (Å²) >= 11 is 6.45. The van der Waals surface area contributed by atoms with Gasteiger partial charge in [-0.3, -0.25) is 19.3 Å². The minimum absolute atomic E-state index is 0.0521. The number of benzene rings is 3. The molecule has 3 aromatic carbocycles. The lowest BCUT2D eigenvalue weighted by Gasteiger charge is -2.18. The molecule has 2 heterocycles. The Morgan fingerprint density at radius 1 is 0.905 bits per heavy atom. The number of amides is 2. The van der Waals surface area contributed by atoms with Crippen molar-refractivity contribution in [2.75, 3.05) is 11.5 Å². The molecule has 42 heavy (non-hydrogen) atoms. The van der Waals surface area contributed by atoms with Crippen molar-refractivity contribution in [3.05, 3.63) is 101 Å². The third-order valence-corrected chi connectivity index (χ3v) is 8.75. The zero-order chi connectivity index (χ0) is 29.1. The maximum absolute atomic E-state index is 13.2. The van der Waals surface area contributed by atoms with Crippen molar-refractivity contribution in [3.8, 4) is 17.0 Å². The summed E-state index contributed by atoms with van der Waals surface area (Å²) in [6, 6.07) is 19.5. The fourth-order valence-corrected chi connectivity index (χ4v) is 6.68. The van der Waals surface area contributed by atoms with E-state index in [0.717, 1.165) is 6.42 Å². The van der Waals surface area contributed by atoms with Gasteiger partial charge >= 0.3 is 5.97 Å². The predicted molar refractivity (Wildman–Crippen MR) is 155 cm³/mol. The van der Waals surface area contributed by atoms with E-state index in [2.05, 4.69) is 17.1 Å². The second-order valence-corrected chi connectivity index (χ2v) is 11.2. The van der Waals surface area contributed by atoms with E-state index in [1.54, 1.807) is 60.7 Å². The number of phenols is 1. The first kappa shape index (κ1) is 26.1. The Balaban J connectivity index is 1.18. The van der Waals surface area contributed by atoms with Crippen molar-refractivity contribution in [2.24, 2.45) is 23.7 Å². The number of halogens is 1. The smallest absolute Gasteiger partial charge is 0.339 e. The van der Waals surface area contributed by atoms with Crippen LogP contribution >= 0.6 is 11.6 Å². The fraction of sp³-hybridized carbons (Fsp3) is 0.182. The molecule has 4 atom stereocenters. The molecule has 4 aromatic rings. The number of imide groups is 1. The van der Waals surface area contributed by atoms with E-state index in [1.807, 2.05) is 0 Å². The molecule has 208 valence electrons. The molecule has 2 aliphatic carbocycles. The monoisotopic (exact) mass is 578 g/mol. The zero-order valence-corrected chi connectivity index (χ0v) is 22.8. The van der Waals surface area contributed by atoms with Gasteiger partial charge in [-0.25, -0.2) is 9.78 Å². The molecule has 0 spiro atoms. The van der Waals surface area contributed by atoms with Gasteiger partial charge in [0.05, 0.1) is 44.9 Å². The van der Waals surface area contributed by atoms with Crippen LogP contribution in [-0.2, 0) is 14.3 Å². The van der Waals surface area contributed by atoms with Gasteiger partial charge in [-0.15, -0.1) is 0 Å². The second-order valence-electron chi connectivity index (χ2n) is 10.8. The van der Waals surface area contributed by atoms with Crippen molar-refractivity contribution in [3.63, 3.8) is 0 Å². The van der Waals surface area contributed by atoms with E-state index in [0.29, 0.717) is 32.9 Å². The molecule has 1 saturated carbocycles. The van der Waals surface area contributed by atoms with Crippen LogP contribution in [0.3, 0.4) is 0 Å². The fourth-order valence-electron chi connectivity index (χ4n) is 6.46. The van der Waals surface area contributed by atoms with Gasteiger partial charge in [0.25, 0.3) is 0 Å². The number of para-hydroxylation sites is 2. The summed E-state index contributed by atoms with van der Waals surface area (Å²) in [6.45, 7) is -0.568. The first-order valence-electron chi connectivity index (χ1n) is 13.6. The summed E-state index contributed by atoms with van der Waals surface area (Å²) in [5.41, 5.74) is 2.12. The summed E-state index contributed by atoms with van der Waals surface area (Å²) < 4.78 is 5.35. The van der Waals surface area contributed by atoms with Crippen LogP contribution in [0, 0.1) is 23.7 Å². The van der Waals surface area contributed by atoms with Gasteiger partial charge in [0.15, 0.2) is 6.61 Å². The number of hydrogen-bond donors (Lipinski definition) is 1. The number of Topliss-reactive ketones (excluding diaryl/α,β-unsaturated/α-hetero) is 1. The van der Waals surface area contributed by atoms with Crippen LogP contribution in [-0.4, -0.2) is 40.3 Å². The third-order valence-electron chi connectivity index (χ3n) is 8.44. The summed E-state index contributed by atoms with van der Waals surface area (Å²) in [5.74, 6) is -2.15. The molecule has 4 unspecified atom stereocenters. The van der Waals surface area contributed by atoms with E-state index in [1.165, 1.54) is 17.0 Å². The number of hydrogen-bond acceptors (Lipinski definition) is 7. The van der Waals surface area contributed by atoms with Gasteiger partial charge in [-0.05, 0) is 54.7 Å². The average molecular weight is 579 g/mol. The van der Waals surface area contributed by atoms with E-state index < -0.39 is 18.4 Å². The lowest BCUT2D eigenvalue weighted by molar-refractivity contribution is -0.123. The van der Waals surface area contributed by atoms with Crippen LogP contribution < -0.4 is 4.90 Å². The molecule has 2 fully saturated rings. The Bertz CT molecular complexity index is 1820. The molecule has 1 saturated heterocycles. The van der Waals surface area contributed by atoms with E-state index in [-0.39, 0.29) is 52.4 Å². The number of ketones is 1. The summed E-state index contributed by atoms with van der Waals surface area (Å²) in [4.78, 5) is 58.2. The Hall–Kier alpha value is -4.82. The van der Waals surface area contributed by atoms with Crippen LogP contribution in [0.1, 0.15) is 27.1 Å². The van der Waals surface area contributed by atoms with Crippen molar-refractivity contribution in [1.29, 1.82) is 0 Å². The summed E-state index contributed by atoms with van der Waals surface area (Å²) in [6.07, 6.45) is 4.98. The minimum atomic E-state index is -0.755. The lowest BCUT2D eigenvalue weighted by Crippen LogP contribution is -2.32. The molecular weight excluding hydrogens is 556 g/mol. The second kappa shape index (κ2) is 9.92. The number of phenolic OH excluding ortho intramolecular Hbond substituents is 1. The number of rotatable bonds is 6. The molecule has 2 bridgehead atoms. The topological polar surface area (TPSA) is 114 Å². The molecule has 1 aromatic heterocycles. The number of pyridine rings is 1. The van der Waals surface area contributed by atoms with Gasteiger partial charge < -0.3 is 9.84 Å². The molecule has 1 aliphatic heterocycles. The molecule has 8 nitrogen and oxygen atoms in total. The highest BCUT2D eigenvalue weighted by Crippen LogP contribution is 2.53. The van der Waals surface area contributed by atoms with Gasteiger partial charge in [0.2, 0.25) is 17.6 Å². The molecular formula is C33H23ClN2O6. The number of carbonyl (C=O) groups is 4. The first-order valence-corrected chi connectivity index (χ1v) is 13.9. The highest BCUT2D eigenvalue weighted by atomic mass is 35.5. The number of aromatic hydroxyl groups is 1. The number of esters is 1. The SMILES string of the molecule is O=C(COC(=O)c1cc(-c2ccc(N3C(=O)C4C5C=CC(C5)C4C3=O)cc2)nc2c(Cl)cccc12)c1ccccc1O. The largest absolute Gasteiger partial charge is 0.507 e. The van der Waals surface area contributed by atoms with Crippen LogP contribution in [0.4, 0.5) is 5.69 Å². The van der Waals surface area contributed by atoms with Gasteiger partial charge in [0.1, 0.15) is 5.75 Å². The lowest BCUT2D eigenvalue weighted by atomic mass is 9.85. The number of fused-ring (bicyclic) bond motifs is 6. The normalized spacial score (nSPS) is 22.2. The van der Waals surface area contributed by atoms with E-state index in [9.17, 15) is 24.3 Å². The Morgan fingerprint density at radius 2 is 1.60 bits per heavy atom. The standard InChI is InChI=1S/C33H23ClN2O6/c34-24-6-3-5-21-23(33(41)42-16-27(38)22-4-1-2-7-26(22)37)15-25(35-30(21)24)17-10-12-20(13-11-17)36-31(39)28-18-8-9-19(14-18)29(28)32(36)40/h1-13,15,18-19,28-29,37H,14,16H2. The Morgan fingerprint density at radius 3 is 2.29 bits per heavy atom. The highest BCUT2D eigenvalue weighted by Gasteiger charge is 2.59. The zero-order valence-electron chi connectivity index (χ0n) is 22.1. The maximum Gasteiger partial charge on any atom is 0.339 e. The van der Waals surface area contributed by atoms with Crippen molar-refractivity contribution in [1.82, 2.24) is 4.98 Å². The number of carbonyl (C=O) groups excluding carboxylic acids is 4. The van der Waals surface area contributed by atoms with Gasteiger partial charge in [0, 0.05) is 10.9 Å². The Labute approximate surface area is 245 Å². The number of ether oxygens (including phenoxy) is 1. The van der Waals surface area contributed by atoms with Crippen molar-refractivity contribution >= 4 is 51.8 Å². The number of anilines is 1. The number of allylic oxidation sites excluding steroid dienone is 2. The highest BCUT2D eigenvalue weighted by molar-refractivity contribution is 6.35. The van der Waals surface area contributed by atoms with Crippen LogP contribution in [0.25, 0.3) is 22.2 Å². The first-order chi connectivity index (χ1) is 20.3. The van der Waals surface area contributed by atoms with Crippen LogP contribution in [0.5, 0.6) is 5.75 Å². The molecule has 0 radical (unpaired) electrons. The molecule has 2 amide bonds. The van der Waals surface area contributed by atoms with Crippen molar-refractivity contribution < 1.29 is 29.0 Å². The molecule has 9 heteroatoms. The summed E-state index contributed by atoms with van der Waals surface area (Å²) in [5, 5.41) is 10.7. The maximum atomic E-state index is 13.2. The van der Waals surface area contributed by atoms with Gasteiger partial charge in [-0.1, -0.05) is 60.2 Å².